The van der Waals surface area contributed by atoms with Crippen molar-refractivity contribution in [3.05, 3.63) is 40.9 Å². The largest absolute Gasteiger partial charge is 0.382 e. The minimum Gasteiger partial charge on any atom is -0.382 e. The molecule has 1 heterocycles. The van der Waals surface area contributed by atoms with Gasteiger partial charge in [-0.25, -0.2) is 0 Å². The number of hydrogen-bond donors (Lipinski definition) is 1. The number of fused-ring (bicyclic) bond motifs is 1. The first kappa shape index (κ1) is 12.9. The number of rotatable bonds is 3. The Hall–Kier alpha value is -1.10. The maximum atomic E-state index is 5.54. The molecule has 1 N–H and O–H groups in total. The monoisotopic (exact) mass is 321 g/mol. The molecule has 0 spiro atoms. The molecule has 4 heteroatoms. The summed E-state index contributed by atoms with van der Waals surface area (Å²) in [6.07, 6.45) is 1.18. The molecule has 3 rings (SSSR count). The molecule has 100 valence electrons. The fourth-order valence-electron chi connectivity index (χ4n) is 2.30. The molecule has 0 saturated carbocycles. The Morgan fingerprint density at radius 2 is 2.00 bits per heavy atom. The number of nitrogens with one attached hydrogen (secondary N) is 1. The highest BCUT2D eigenvalue weighted by molar-refractivity contribution is 9.10. The Morgan fingerprint density at radius 1 is 1.16 bits per heavy atom. The maximum absolute atomic E-state index is 5.54. The lowest BCUT2D eigenvalue weighted by atomic mass is 10.1. The SMILES string of the molecule is Brc1ccc(NCC2CCOCO2)c2ccccc12. The molecule has 1 atom stereocenters. The van der Waals surface area contributed by atoms with Crippen LogP contribution in [-0.4, -0.2) is 26.0 Å². The summed E-state index contributed by atoms with van der Waals surface area (Å²) >= 11 is 3.59. The zero-order valence-corrected chi connectivity index (χ0v) is 12.2. The molecule has 3 nitrogen and oxygen atoms in total. The quantitative estimate of drug-likeness (QED) is 0.933. The summed E-state index contributed by atoms with van der Waals surface area (Å²) in [5.74, 6) is 0. The van der Waals surface area contributed by atoms with E-state index in [9.17, 15) is 0 Å². The highest BCUT2D eigenvalue weighted by Gasteiger charge is 2.14. The van der Waals surface area contributed by atoms with Crippen LogP contribution in [0.25, 0.3) is 10.8 Å². The summed E-state index contributed by atoms with van der Waals surface area (Å²) in [4.78, 5) is 0. The number of ether oxygens (including phenoxy) is 2. The maximum Gasteiger partial charge on any atom is 0.147 e. The Labute approximate surface area is 121 Å². The average molecular weight is 322 g/mol. The molecule has 1 unspecified atom stereocenters. The molecule has 0 radical (unpaired) electrons. The molecule has 0 aliphatic carbocycles. The molecule has 1 saturated heterocycles. The van der Waals surface area contributed by atoms with E-state index in [1.54, 1.807) is 0 Å². The van der Waals surface area contributed by atoms with Crippen LogP contribution in [0.15, 0.2) is 40.9 Å². The smallest absolute Gasteiger partial charge is 0.147 e. The standard InChI is InChI=1S/C15H16BrNO2/c16-14-5-6-15(13-4-2-1-3-12(13)14)17-9-11-7-8-18-10-19-11/h1-6,11,17H,7-10H2. The lowest BCUT2D eigenvalue weighted by Gasteiger charge is -2.23. The fourth-order valence-corrected chi connectivity index (χ4v) is 2.78. The van der Waals surface area contributed by atoms with Crippen molar-refractivity contribution in [3.63, 3.8) is 0 Å². The van der Waals surface area contributed by atoms with Crippen LogP contribution < -0.4 is 5.32 Å². The minimum atomic E-state index is 0.233. The van der Waals surface area contributed by atoms with Crippen molar-refractivity contribution in [3.8, 4) is 0 Å². The Bertz CT molecular complexity index is 567. The van der Waals surface area contributed by atoms with Gasteiger partial charge in [0.25, 0.3) is 0 Å². The highest BCUT2D eigenvalue weighted by Crippen LogP contribution is 2.30. The highest BCUT2D eigenvalue weighted by atomic mass is 79.9. The van der Waals surface area contributed by atoms with E-state index >= 15 is 0 Å². The first-order valence-corrected chi connectivity index (χ1v) is 7.24. The lowest BCUT2D eigenvalue weighted by Crippen LogP contribution is -2.30. The van der Waals surface area contributed by atoms with Gasteiger partial charge in [0.1, 0.15) is 6.79 Å². The molecule has 2 aromatic rings. The van der Waals surface area contributed by atoms with E-state index in [-0.39, 0.29) is 6.10 Å². The third kappa shape index (κ3) is 2.91. The molecular weight excluding hydrogens is 306 g/mol. The zero-order valence-electron chi connectivity index (χ0n) is 10.6. The van der Waals surface area contributed by atoms with Crippen LogP contribution in [0.5, 0.6) is 0 Å². The van der Waals surface area contributed by atoms with Crippen LogP contribution >= 0.6 is 15.9 Å². The third-order valence-corrected chi connectivity index (χ3v) is 4.05. The number of benzene rings is 2. The summed E-state index contributed by atoms with van der Waals surface area (Å²) in [7, 11) is 0. The van der Waals surface area contributed by atoms with Gasteiger partial charge in [-0.15, -0.1) is 0 Å². The number of halogens is 1. The van der Waals surface area contributed by atoms with Crippen molar-refractivity contribution < 1.29 is 9.47 Å². The third-order valence-electron chi connectivity index (χ3n) is 3.36. The Morgan fingerprint density at radius 3 is 2.79 bits per heavy atom. The predicted molar refractivity (Wildman–Crippen MR) is 80.4 cm³/mol. The zero-order chi connectivity index (χ0) is 13.1. The van der Waals surface area contributed by atoms with E-state index in [0.29, 0.717) is 6.79 Å². The van der Waals surface area contributed by atoms with Crippen LogP contribution in [-0.2, 0) is 9.47 Å². The Balaban J connectivity index is 1.79. The van der Waals surface area contributed by atoms with Gasteiger partial charge in [0.15, 0.2) is 0 Å². The molecule has 0 bridgehead atoms. The van der Waals surface area contributed by atoms with Gasteiger partial charge >= 0.3 is 0 Å². The second kappa shape index (κ2) is 5.90. The molecule has 0 aromatic heterocycles. The van der Waals surface area contributed by atoms with Gasteiger partial charge in [-0.2, -0.15) is 0 Å². The van der Waals surface area contributed by atoms with Crippen LogP contribution in [0, 0.1) is 0 Å². The van der Waals surface area contributed by atoms with Gasteiger partial charge < -0.3 is 14.8 Å². The summed E-state index contributed by atoms with van der Waals surface area (Å²) in [5.41, 5.74) is 1.15. The van der Waals surface area contributed by atoms with Crippen LogP contribution in [0.2, 0.25) is 0 Å². The molecule has 19 heavy (non-hydrogen) atoms. The summed E-state index contributed by atoms with van der Waals surface area (Å²) in [5, 5.41) is 5.93. The number of hydrogen-bond acceptors (Lipinski definition) is 3. The van der Waals surface area contributed by atoms with E-state index in [2.05, 4.69) is 57.6 Å². The van der Waals surface area contributed by atoms with Crippen molar-refractivity contribution in [2.45, 2.75) is 12.5 Å². The second-order valence-electron chi connectivity index (χ2n) is 4.62. The topological polar surface area (TPSA) is 30.5 Å². The van der Waals surface area contributed by atoms with Gasteiger partial charge in [-0.1, -0.05) is 40.2 Å². The van der Waals surface area contributed by atoms with Gasteiger partial charge in [0.2, 0.25) is 0 Å². The molecule has 2 aromatic carbocycles. The molecule has 1 aliphatic heterocycles. The summed E-state index contributed by atoms with van der Waals surface area (Å²) in [6, 6.07) is 12.5. The van der Waals surface area contributed by atoms with Crippen molar-refractivity contribution in [1.82, 2.24) is 0 Å². The Kier molecular flexibility index (Phi) is 4.01. The normalized spacial score (nSPS) is 19.5. The minimum absolute atomic E-state index is 0.233. The predicted octanol–water partition coefficient (Wildman–Crippen LogP) is 3.78. The molecular formula is C15H16BrNO2. The van der Waals surface area contributed by atoms with Crippen LogP contribution in [0.4, 0.5) is 5.69 Å². The summed E-state index contributed by atoms with van der Waals surface area (Å²) < 4.78 is 11.8. The van der Waals surface area contributed by atoms with Crippen molar-refractivity contribution >= 4 is 32.4 Å². The van der Waals surface area contributed by atoms with E-state index in [1.807, 2.05) is 0 Å². The molecule has 1 aliphatic rings. The van der Waals surface area contributed by atoms with E-state index in [0.717, 1.165) is 29.7 Å². The van der Waals surface area contributed by atoms with Gasteiger partial charge in [-0.05, 0) is 23.9 Å². The van der Waals surface area contributed by atoms with Crippen molar-refractivity contribution in [2.24, 2.45) is 0 Å². The van der Waals surface area contributed by atoms with Gasteiger partial charge in [0.05, 0.1) is 12.7 Å². The first-order valence-electron chi connectivity index (χ1n) is 6.45. The van der Waals surface area contributed by atoms with Gasteiger partial charge in [0, 0.05) is 22.1 Å². The van der Waals surface area contributed by atoms with Gasteiger partial charge in [-0.3, -0.25) is 0 Å². The average Bonchev–Trinajstić information content (AvgIpc) is 2.48. The van der Waals surface area contributed by atoms with Crippen molar-refractivity contribution in [1.29, 1.82) is 0 Å². The fraction of sp³-hybridized carbons (Fsp3) is 0.333. The molecule has 0 amide bonds. The van der Waals surface area contributed by atoms with Crippen molar-refractivity contribution in [2.75, 3.05) is 25.3 Å². The second-order valence-corrected chi connectivity index (χ2v) is 5.48. The first-order chi connectivity index (χ1) is 9.34. The summed E-state index contributed by atoms with van der Waals surface area (Å²) in [6.45, 7) is 2.01. The van der Waals surface area contributed by atoms with E-state index in [1.165, 1.54) is 10.8 Å². The van der Waals surface area contributed by atoms with E-state index < -0.39 is 0 Å². The van der Waals surface area contributed by atoms with Crippen LogP contribution in [0.3, 0.4) is 0 Å². The number of anilines is 1. The molecule has 1 fully saturated rings. The lowest BCUT2D eigenvalue weighted by molar-refractivity contribution is -0.133. The van der Waals surface area contributed by atoms with Crippen LogP contribution in [0.1, 0.15) is 6.42 Å². The van der Waals surface area contributed by atoms with E-state index in [4.69, 9.17) is 9.47 Å².